The van der Waals surface area contributed by atoms with Gasteiger partial charge in [-0.05, 0) is 55.6 Å². The molecule has 1 atom stereocenters. The Balaban J connectivity index is 1.60. The summed E-state index contributed by atoms with van der Waals surface area (Å²) in [7, 11) is -3.67. The number of nitrogens with one attached hydrogen (secondary N) is 1. The largest absolute Gasteiger partial charge is 0.394 e. The van der Waals surface area contributed by atoms with Gasteiger partial charge in [0.1, 0.15) is 0 Å². The van der Waals surface area contributed by atoms with E-state index in [0.29, 0.717) is 13.2 Å². The topological polar surface area (TPSA) is 84.9 Å². The molecule has 0 aliphatic rings. The molecule has 1 unspecified atom stereocenters. The summed E-state index contributed by atoms with van der Waals surface area (Å²) in [5.74, 6) is 0. The van der Waals surface area contributed by atoms with Crippen molar-refractivity contribution in [3.05, 3.63) is 72.3 Å². The molecule has 7 heteroatoms. The average molecular weight is 492 g/mol. The summed E-state index contributed by atoms with van der Waals surface area (Å²) < 4.78 is 33.9. The summed E-state index contributed by atoms with van der Waals surface area (Å²) in [4.78, 5) is 0. The van der Waals surface area contributed by atoms with Gasteiger partial charge in [0.25, 0.3) is 10.1 Å². The van der Waals surface area contributed by atoms with Crippen LogP contribution in [0.1, 0.15) is 12.5 Å². The Morgan fingerprint density at radius 3 is 2.06 bits per heavy atom. The molecule has 0 aliphatic heterocycles. The van der Waals surface area contributed by atoms with Gasteiger partial charge in [-0.2, -0.15) is 8.42 Å². The minimum Gasteiger partial charge on any atom is -0.394 e. The van der Waals surface area contributed by atoms with Crippen LogP contribution in [0.25, 0.3) is 43.1 Å². The minimum absolute atomic E-state index is 0.117. The third-order valence-electron chi connectivity index (χ3n) is 6.70. The van der Waals surface area contributed by atoms with Crippen LogP contribution in [-0.4, -0.2) is 51.7 Å². The lowest BCUT2D eigenvalue weighted by atomic mass is 9.88. The lowest BCUT2D eigenvalue weighted by molar-refractivity contribution is 0.0152. The van der Waals surface area contributed by atoms with Gasteiger partial charge in [-0.25, -0.2) is 0 Å². The summed E-state index contributed by atoms with van der Waals surface area (Å²) >= 11 is 0. The van der Waals surface area contributed by atoms with Gasteiger partial charge in [-0.15, -0.1) is 0 Å². The number of aliphatic hydroxyl groups is 1. The smallest absolute Gasteiger partial charge is 0.264 e. The van der Waals surface area contributed by atoms with E-state index in [4.69, 9.17) is 8.92 Å². The summed E-state index contributed by atoms with van der Waals surface area (Å²) in [5, 5.41) is 23.2. The highest BCUT2D eigenvalue weighted by Gasteiger charge is 2.32. The monoisotopic (exact) mass is 491 g/mol. The number of aliphatic hydroxyl groups excluding tert-OH is 1. The van der Waals surface area contributed by atoms with E-state index in [1.165, 1.54) is 37.7 Å². The molecular formula is C28H29NO5S. The molecule has 0 amide bonds. The fourth-order valence-electron chi connectivity index (χ4n) is 4.95. The Bertz CT molecular complexity index is 1560. The Morgan fingerprint density at radius 2 is 1.43 bits per heavy atom. The number of hydrogen-bond donors (Lipinski definition) is 2. The maximum Gasteiger partial charge on any atom is 0.264 e. The number of ether oxygens (including phenoxy) is 1. The number of hydrogen-bond acceptors (Lipinski definition) is 6. The third kappa shape index (κ3) is 4.46. The summed E-state index contributed by atoms with van der Waals surface area (Å²) in [6.07, 6.45) is 1.00. The molecule has 0 spiro atoms. The van der Waals surface area contributed by atoms with Crippen molar-refractivity contribution in [2.75, 3.05) is 32.7 Å². The van der Waals surface area contributed by atoms with E-state index in [1.54, 1.807) is 0 Å². The lowest BCUT2D eigenvalue weighted by Crippen LogP contribution is -2.55. The second-order valence-electron chi connectivity index (χ2n) is 9.11. The Hall–Kier alpha value is -2.81. The molecule has 6 nitrogen and oxygen atoms in total. The van der Waals surface area contributed by atoms with Crippen LogP contribution in [0.5, 0.6) is 0 Å². The Morgan fingerprint density at radius 1 is 0.829 bits per heavy atom. The SMILES string of the molecule is CCOCC(CO)(COS(C)(=O)=O)NCc1ccc2c3cccc4cccc(c5cccc1c52)c43. The van der Waals surface area contributed by atoms with Crippen molar-refractivity contribution in [1.82, 2.24) is 5.32 Å². The van der Waals surface area contributed by atoms with Crippen LogP contribution in [0.15, 0.2) is 66.7 Å². The Kier molecular flexibility index (Phi) is 6.38. The first-order valence-corrected chi connectivity index (χ1v) is 13.5. The highest BCUT2D eigenvalue weighted by Crippen LogP contribution is 2.40. The molecule has 182 valence electrons. The van der Waals surface area contributed by atoms with Crippen molar-refractivity contribution in [3.8, 4) is 0 Å². The average Bonchev–Trinajstić information content (AvgIpc) is 2.86. The summed E-state index contributed by atoms with van der Waals surface area (Å²) in [6.45, 7) is 2.26. The van der Waals surface area contributed by atoms with Crippen LogP contribution >= 0.6 is 0 Å². The number of fused-ring (bicyclic) bond motifs is 2. The molecule has 0 radical (unpaired) electrons. The van der Waals surface area contributed by atoms with Crippen molar-refractivity contribution in [2.24, 2.45) is 0 Å². The molecule has 0 heterocycles. The Labute approximate surface area is 204 Å². The van der Waals surface area contributed by atoms with Crippen LogP contribution in [0.4, 0.5) is 0 Å². The predicted octanol–water partition coefficient (Wildman–Crippen LogP) is 4.57. The summed E-state index contributed by atoms with van der Waals surface area (Å²) in [6, 6.07) is 23.5. The van der Waals surface area contributed by atoms with Gasteiger partial charge in [-0.3, -0.25) is 4.18 Å². The highest BCUT2D eigenvalue weighted by molar-refractivity contribution is 7.85. The van der Waals surface area contributed by atoms with Gasteiger partial charge in [0.15, 0.2) is 0 Å². The maximum absolute atomic E-state index is 11.6. The molecule has 5 aromatic rings. The van der Waals surface area contributed by atoms with Gasteiger partial charge >= 0.3 is 0 Å². The first-order valence-electron chi connectivity index (χ1n) is 11.7. The van der Waals surface area contributed by atoms with E-state index in [9.17, 15) is 13.5 Å². The van der Waals surface area contributed by atoms with E-state index in [0.717, 1.165) is 17.2 Å². The standard InChI is InChI=1S/C28H29NO5S/c1-3-33-17-28(16-30,18-34-35(2,31)32)29-15-20-13-14-25-23-11-5-8-19-7-4-10-22(26(19)23)24-12-6-9-21(20)27(24)25/h4-14,29-30H,3,15-18H2,1-2H3. The second kappa shape index (κ2) is 9.33. The third-order valence-corrected chi connectivity index (χ3v) is 7.25. The first-order chi connectivity index (χ1) is 16.9. The fourth-order valence-corrected chi connectivity index (χ4v) is 5.39. The van der Waals surface area contributed by atoms with Gasteiger partial charge in [0, 0.05) is 13.2 Å². The molecule has 35 heavy (non-hydrogen) atoms. The minimum atomic E-state index is -3.67. The van der Waals surface area contributed by atoms with Crippen molar-refractivity contribution in [2.45, 2.75) is 19.0 Å². The van der Waals surface area contributed by atoms with Gasteiger partial charge < -0.3 is 15.2 Å². The molecule has 5 rings (SSSR count). The van der Waals surface area contributed by atoms with Crippen LogP contribution < -0.4 is 5.32 Å². The van der Waals surface area contributed by atoms with Crippen molar-refractivity contribution in [3.63, 3.8) is 0 Å². The molecule has 5 aromatic carbocycles. The van der Waals surface area contributed by atoms with Crippen LogP contribution in [0.2, 0.25) is 0 Å². The van der Waals surface area contributed by atoms with E-state index in [-0.39, 0.29) is 19.8 Å². The number of rotatable bonds is 10. The summed E-state index contributed by atoms with van der Waals surface area (Å²) in [5.41, 5.74) is -0.0115. The van der Waals surface area contributed by atoms with Crippen molar-refractivity contribution >= 4 is 53.2 Å². The second-order valence-corrected chi connectivity index (χ2v) is 10.7. The molecular weight excluding hydrogens is 462 g/mol. The van der Waals surface area contributed by atoms with Gasteiger partial charge in [0.05, 0.1) is 31.6 Å². The highest BCUT2D eigenvalue weighted by atomic mass is 32.2. The lowest BCUT2D eigenvalue weighted by Gasteiger charge is -2.32. The van der Waals surface area contributed by atoms with E-state index in [2.05, 4.69) is 72.0 Å². The first kappa shape index (κ1) is 23.9. The molecule has 0 aliphatic carbocycles. The fraction of sp³-hybridized carbons (Fsp3) is 0.286. The van der Waals surface area contributed by atoms with E-state index >= 15 is 0 Å². The molecule has 0 saturated carbocycles. The zero-order valence-corrected chi connectivity index (χ0v) is 20.7. The van der Waals surface area contributed by atoms with Crippen LogP contribution in [-0.2, 0) is 25.6 Å². The maximum atomic E-state index is 11.6. The molecule has 0 aromatic heterocycles. The zero-order chi connectivity index (χ0) is 24.6. The van der Waals surface area contributed by atoms with Gasteiger partial charge in [-0.1, -0.05) is 66.7 Å². The quantitative estimate of drug-likeness (QED) is 0.169. The van der Waals surface area contributed by atoms with Gasteiger partial charge in [0.2, 0.25) is 0 Å². The van der Waals surface area contributed by atoms with Crippen LogP contribution in [0, 0.1) is 0 Å². The molecule has 0 fully saturated rings. The van der Waals surface area contributed by atoms with E-state index in [1.807, 2.05) is 6.92 Å². The normalized spacial score (nSPS) is 14.4. The zero-order valence-electron chi connectivity index (χ0n) is 19.9. The van der Waals surface area contributed by atoms with Crippen molar-refractivity contribution in [1.29, 1.82) is 0 Å². The molecule has 2 N–H and O–H groups in total. The van der Waals surface area contributed by atoms with Crippen LogP contribution in [0.3, 0.4) is 0 Å². The predicted molar refractivity (Wildman–Crippen MR) is 142 cm³/mol. The molecule has 0 bridgehead atoms. The van der Waals surface area contributed by atoms with Crippen molar-refractivity contribution < 1.29 is 22.4 Å². The molecule has 0 saturated heterocycles. The van der Waals surface area contributed by atoms with E-state index < -0.39 is 15.7 Å². The number of benzene rings is 5.